The van der Waals surface area contributed by atoms with E-state index in [0.29, 0.717) is 10.0 Å². The molecule has 3 aromatic rings. The maximum absolute atomic E-state index is 6.31. The van der Waals surface area contributed by atoms with E-state index in [1.54, 1.807) is 14.2 Å². The van der Waals surface area contributed by atoms with Crippen LogP contribution in [0.15, 0.2) is 65.1 Å². The molecule has 0 aliphatic rings. The number of halogens is 3. The molecule has 3 rings (SSSR count). The van der Waals surface area contributed by atoms with Crippen molar-refractivity contribution in [2.24, 2.45) is 0 Å². The van der Waals surface area contributed by atoms with Crippen LogP contribution in [0, 0.1) is 0 Å². The van der Waals surface area contributed by atoms with Gasteiger partial charge in [-0.15, -0.1) is 0 Å². The molecule has 0 fully saturated rings. The summed E-state index contributed by atoms with van der Waals surface area (Å²) in [7, 11) is 3.31. The molecule has 0 amide bonds. The van der Waals surface area contributed by atoms with E-state index in [4.69, 9.17) is 32.7 Å². The van der Waals surface area contributed by atoms with Gasteiger partial charge in [0, 0.05) is 31.6 Å². The van der Waals surface area contributed by atoms with Gasteiger partial charge < -0.3 is 9.47 Å². The van der Waals surface area contributed by atoms with Crippen molar-refractivity contribution in [1.82, 2.24) is 0 Å². The number of ether oxygens (including phenoxy) is 2. The summed E-state index contributed by atoms with van der Waals surface area (Å²) in [5.41, 5.74) is 2.96. The normalized spacial score (nSPS) is 10.8. The maximum atomic E-state index is 6.31. The predicted molar refractivity (Wildman–Crippen MR) is 111 cm³/mol. The molecule has 3 aromatic carbocycles. The predicted octanol–water partition coefficient (Wildman–Crippen LogP) is 6.95. The Kier molecular flexibility index (Phi) is 6.13. The third-order valence-corrected chi connectivity index (χ3v) is 5.15. The molecule has 0 heterocycles. The van der Waals surface area contributed by atoms with Crippen LogP contribution in [0.2, 0.25) is 10.0 Å². The summed E-state index contributed by atoms with van der Waals surface area (Å²) >= 11 is 16.2. The Bertz CT molecular complexity index is 874. The lowest BCUT2D eigenvalue weighted by atomic mass is 9.84. The van der Waals surface area contributed by atoms with Crippen LogP contribution < -0.4 is 9.47 Å². The summed E-state index contributed by atoms with van der Waals surface area (Å²) in [6, 6.07) is 19.4. The van der Waals surface area contributed by atoms with Crippen LogP contribution in [0.1, 0.15) is 22.6 Å². The van der Waals surface area contributed by atoms with E-state index in [9.17, 15) is 0 Å². The average Bonchev–Trinajstić information content (AvgIpc) is 2.62. The average molecular weight is 452 g/mol. The van der Waals surface area contributed by atoms with E-state index < -0.39 is 0 Å². The van der Waals surface area contributed by atoms with Crippen LogP contribution >= 0.6 is 39.1 Å². The molecule has 0 aliphatic heterocycles. The van der Waals surface area contributed by atoms with Gasteiger partial charge in [0.05, 0.1) is 14.2 Å². The molecule has 0 N–H and O–H groups in total. The van der Waals surface area contributed by atoms with Crippen molar-refractivity contribution in [3.05, 3.63) is 91.9 Å². The molecule has 0 saturated heterocycles. The molecule has 5 heteroatoms. The van der Waals surface area contributed by atoms with E-state index in [1.807, 2.05) is 48.5 Å². The molecule has 0 unspecified atom stereocenters. The second kappa shape index (κ2) is 8.34. The Morgan fingerprint density at radius 2 is 1.31 bits per heavy atom. The van der Waals surface area contributed by atoms with Crippen molar-refractivity contribution in [2.75, 3.05) is 14.2 Å². The monoisotopic (exact) mass is 450 g/mol. The highest BCUT2D eigenvalue weighted by atomic mass is 79.9. The first-order valence-electron chi connectivity index (χ1n) is 7.96. The fourth-order valence-corrected chi connectivity index (χ4v) is 3.85. The molecule has 0 spiro atoms. The molecule has 0 radical (unpaired) electrons. The molecule has 0 saturated carbocycles. The minimum absolute atomic E-state index is 0.158. The van der Waals surface area contributed by atoms with Gasteiger partial charge in [0.25, 0.3) is 0 Å². The van der Waals surface area contributed by atoms with E-state index in [2.05, 4.69) is 28.1 Å². The summed E-state index contributed by atoms with van der Waals surface area (Å²) in [5.74, 6) is 1.35. The molecule has 26 heavy (non-hydrogen) atoms. The largest absolute Gasteiger partial charge is 0.496 e. The Labute approximate surface area is 171 Å². The molecule has 0 bridgehead atoms. The molecule has 2 nitrogen and oxygen atoms in total. The van der Waals surface area contributed by atoms with Crippen LogP contribution in [0.4, 0.5) is 0 Å². The van der Waals surface area contributed by atoms with Gasteiger partial charge in [-0.05, 0) is 54.1 Å². The molecule has 0 aliphatic carbocycles. The SMILES string of the molecule is COc1ccc(Cl)cc1C(c1cccc(Br)c1)c1cc(Cl)ccc1OC. The zero-order valence-corrected chi connectivity index (χ0v) is 17.4. The number of hydrogen-bond acceptors (Lipinski definition) is 2. The molecule has 134 valence electrons. The van der Waals surface area contributed by atoms with Gasteiger partial charge in [-0.2, -0.15) is 0 Å². The molecular formula is C21H17BrCl2O2. The second-order valence-corrected chi connectivity index (χ2v) is 7.55. The highest BCUT2D eigenvalue weighted by Gasteiger charge is 2.24. The number of hydrogen-bond donors (Lipinski definition) is 0. The van der Waals surface area contributed by atoms with Crippen LogP contribution in [0.5, 0.6) is 11.5 Å². The smallest absolute Gasteiger partial charge is 0.123 e. The number of rotatable bonds is 5. The van der Waals surface area contributed by atoms with Crippen molar-refractivity contribution in [2.45, 2.75) is 5.92 Å². The zero-order chi connectivity index (χ0) is 18.7. The Morgan fingerprint density at radius 3 is 1.77 bits per heavy atom. The first-order valence-corrected chi connectivity index (χ1v) is 9.50. The number of benzene rings is 3. The summed E-state index contributed by atoms with van der Waals surface area (Å²) in [5, 5.41) is 1.28. The van der Waals surface area contributed by atoms with Crippen molar-refractivity contribution in [3.63, 3.8) is 0 Å². The molecule has 0 atom stereocenters. The minimum atomic E-state index is -0.158. The second-order valence-electron chi connectivity index (χ2n) is 5.76. The van der Waals surface area contributed by atoms with E-state index in [-0.39, 0.29) is 5.92 Å². The van der Waals surface area contributed by atoms with Crippen LogP contribution in [-0.4, -0.2) is 14.2 Å². The summed E-state index contributed by atoms with van der Waals surface area (Å²) in [4.78, 5) is 0. The Balaban J connectivity index is 2.32. The standard InChI is InChI=1S/C21H17BrCl2O2/c1-25-19-8-6-15(23)11-17(19)21(13-4-3-5-14(22)10-13)18-12-16(24)7-9-20(18)26-2/h3-12,21H,1-2H3. The fourth-order valence-electron chi connectivity index (χ4n) is 3.07. The van der Waals surface area contributed by atoms with Crippen molar-refractivity contribution >= 4 is 39.1 Å². The highest BCUT2D eigenvalue weighted by molar-refractivity contribution is 9.10. The third kappa shape index (κ3) is 4.01. The summed E-state index contributed by atoms with van der Waals surface area (Å²) < 4.78 is 12.2. The topological polar surface area (TPSA) is 18.5 Å². The Morgan fingerprint density at radius 1 is 0.769 bits per heavy atom. The van der Waals surface area contributed by atoms with Crippen LogP contribution in [0.3, 0.4) is 0 Å². The lowest BCUT2D eigenvalue weighted by Crippen LogP contribution is -2.07. The molecule has 0 aromatic heterocycles. The lowest BCUT2D eigenvalue weighted by molar-refractivity contribution is 0.402. The highest BCUT2D eigenvalue weighted by Crippen LogP contribution is 2.43. The third-order valence-electron chi connectivity index (χ3n) is 4.19. The van der Waals surface area contributed by atoms with Gasteiger partial charge in [-0.25, -0.2) is 0 Å². The maximum Gasteiger partial charge on any atom is 0.123 e. The fraction of sp³-hybridized carbons (Fsp3) is 0.143. The minimum Gasteiger partial charge on any atom is -0.496 e. The van der Waals surface area contributed by atoms with Crippen LogP contribution in [-0.2, 0) is 0 Å². The summed E-state index contributed by atoms with van der Waals surface area (Å²) in [6.45, 7) is 0. The van der Waals surface area contributed by atoms with Crippen LogP contribution in [0.25, 0.3) is 0 Å². The zero-order valence-electron chi connectivity index (χ0n) is 14.3. The van der Waals surface area contributed by atoms with E-state index in [0.717, 1.165) is 32.7 Å². The van der Waals surface area contributed by atoms with Gasteiger partial charge in [0.15, 0.2) is 0 Å². The lowest BCUT2D eigenvalue weighted by Gasteiger charge is -2.23. The van der Waals surface area contributed by atoms with Gasteiger partial charge in [-0.3, -0.25) is 0 Å². The van der Waals surface area contributed by atoms with Crippen molar-refractivity contribution in [3.8, 4) is 11.5 Å². The van der Waals surface area contributed by atoms with Gasteiger partial charge in [0.2, 0.25) is 0 Å². The van der Waals surface area contributed by atoms with E-state index >= 15 is 0 Å². The first-order chi connectivity index (χ1) is 12.5. The van der Waals surface area contributed by atoms with Crippen molar-refractivity contribution in [1.29, 1.82) is 0 Å². The van der Waals surface area contributed by atoms with Gasteiger partial charge in [-0.1, -0.05) is 51.3 Å². The Hall–Kier alpha value is -1.68. The van der Waals surface area contributed by atoms with E-state index in [1.165, 1.54) is 0 Å². The summed E-state index contributed by atoms with van der Waals surface area (Å²) in [6.07, 6.45) is 0. The van der Waals surface area contributed by atoms with Crippen molar-refractivity contribution < 1.29 is 9.47 Å². The molecular weight excluding hydrogens is 435 g/mol. The number of methoxy groups -OCH3 is 2. The van der Waals surface area contributed by atoms with Gasteiger partial charge >= 0.3 is 0 Å². The van der Waals surface area contributed by atoms with Gasteiger partial charge in [0.1, 0.15) is 11.5 Å². The quantitative estimate of drug-likeness (QED) is 0.390. The first kappa shape index (κ1) is 19.1.